The Balaban J connectivity index is 2.44. The van der Waals surface area contributed by atoms with Gasteiger partial charge in [0.05, 0.1) is 0 Å². The summed E-state index contributed by atoms with van der Waals surface area (Å²) in [5.41, 5.74) is 0. The second kappa shape index (κ2) is 13.2. The van der Waals surface area contributed by atoms with E-state index in [-0.39, 0.29) is 13.2 Å². The fourth-order valence-electron chi connectivity index (χ4n) is 3.64. The van der Waals surface area contributed by atoms with Crippen LogP contribution in [0.5, 0.6) is 11.5 Å². The molecule has 0 radical (unpaired) electrons. The van der Waals surface area contributed by atoms with Crippen LogP contribution in [0.4, 0.5) is 0 Å². The molecule has 1 rings (SSSR count). The maximum atomic E-state index is 10.3. The van der Waals surface area contributed by atoms with Gasteiger partial charge in [-0.1, -0.05) is 0 Å². The van der Waals surface area contributed by atoms with Crippen LogP contribution < -0.4 is 9.47 Å². The lowest BCUT2D eigenvalue weighted by Gasteiger charge is -2.32. The third-order valence-electron chi connectivity index (χ3n) is 5.20. The summed E-state index contributed by atoms with van der Waals surface area (Å²) in [4.78, 5) is 4.49. The van der Waals surface area contributed by atoms with E-state index < -0.39 is 12.2 Å². The molecule has 1 aromatic carbocycles. The summed E-state index contributed by atoms with van der Waals surface area (Å²) in [6, 6.07) is 8.80. The fourth-order valence-corrected chi connectivity index (χ4v) is 3.64. The maximum Gasteiger partial charge on any atom is 0.119 e. The van der Waals surface area contributed by atoms with Crippen LogP contribution in [0.1, 0.15) is 55.4 Å². The van der Waals surface area contributed by atoms with Gasteiger partial charge in [0, 0.05) is 37.3 Å². The molecule has 0 aliphatic heterocycles. The number of benzene rings is 1. The molecule has 0 aromatic heterocycles. The van der Waals surface area contributed by atoms with E-state index in [1.807, 2.05) is 24.3 Å². The van der Waals surface area contributed by atoms with Crippen molar-refractivity contribution in [1.29, 1.82) is 0 Å². The van der Waals surface area contributed by atoms with Gasteiger partial charge in [0.1, 0.15) is 36.9 Å². The van der Waals surface area contributed by atoms with Crippen LogP contribution in [-0.4, -0.2) is 82.7 Å². The summed E-state index contributed by atoms with van der Waals surface area (Å²) >= 11 is 0. The van der Waals surface area contributed by atoms with Gasteiger partial charge in [0.2, 0.25) is 0 Å². The summed E-state index contributed by atoms with van der Waals surface area (Å²) in [5.74, 6) is 1.38. The maximum absolute atomic E-state index is 10.3. The lowest BCUT2D eigenvalue weighted by Crippen LogP contribution is -2.43. The number of hydrogen-bond acceptors (Lipinski definition) is 6. The molecule has 0 spiro atoms. The number of ether oxygens (including phenoxy) is 2. The van der Waals surface area contributed by atoms with Crippen molar-refractivity contribution in [2.24, 2.45) is 0 Å². The van der Waals surface area contributed by atoms with E-state index in [2.05, 4.69) is 65.2 Å². The lowest BCUT2D eigenvalue weighted by molar-refractivity contribution is 0.0436. The Kier molecular flexibility index (Phi) is 11.7. The normalized spacial score (nSPS) is 14.4. The Bertz CT molecular complexity index is 508. The number of hydrogen-bond donors (Lipinski definition) is 2. The second-order valence-corrected chi connectivity index (χ2v) is 9.17. The predicted molar refractivity (Wildman–Crippen MR) is 123 cm³/mol. The highest BCUT2D eigenvalue weighted by atomic mass is 16.5. The number of aliphatic hydroxyl groups is 2. The van der Waals surface area contributed by atoms with Crippen molar-refractivity contribution >= 4 is 0 Å². The molecule has 174 valence electrons. The minimum Gasteiger partial charge on any atom is -0.491 e. The molecule has 30 heavy (non-hydrogen) atoms. The first-order valence-corrected chi connectivity index (χ1v) is 11.2. The van der Waals surface area contributed by atoms with E-state index in [0.717, 1.165) is 0 Å². The molecular weight excluding hydrogens is 380 g/mol. The molecule has 6 nitrogen and oxygen atoms in total. The highest BCUT2D eigenvalue weighted by Crippen LogP contribution is 2.18. The van der Waals surface area contributed by atoms with Crippen molar-refractivity contribution in [3.8, 4) is 11.5 Å². The number of nitrogens with zero attached hydrogens (tertiary/aromatic N) is 2. The van der Waals surface area contributed by atoms with E-state index in [1.165, 1.54) is 0 Å². The monoisotopic (exact) mass is 424 g/mol. The Hall–Kier alpha value is -1.34. The summed E-state index contributed by atoms with van der Waals surface area (Å²) in [5, 5.41) is 20.6. The molecule has 0 fully saturated rings. The van der Waals surface area contributed by atoms with Gasteiger partial charge >= 0.3 is 0 Å². The third-order valence-corrected chi connectivity index (χ3v) is 5.20. The third kappa shape index (κ3) is 9.65. The summed E-state index contributed by atoms with van der Waals surface area (Å²) < 4.78 is 11.5. The minimum absolute atomic E-state index is 0.245. The second-order valence-electron chi connectivity index (χ2n) is 9.17. The molecule has 2 atom stereocenters. The van der Waals surface area contributed by atoms with Crippen molar-refractivity contribution < 1.29 is 19.7 Å². The van der Waals surface area contributed by atoms with E-state index in [4.69, 9.17) is 9.47 Å². The van der Waals surface area contributed by atoms with Crippen molar-refractivity contribution in [3.63, 3.8) is 0 Å². The molecule has 0 bridgehead atoms. The number of aliphatic hydroxyl groups excluding tert-OH is 2. The van der Waals surface area contributed by atoms with Crippen molar-refractivity contribution in [2.45, 2.75) is 91.8 Å². The first-order chi connectivity index (χ1) is 14.0. The topological polar surface area (TPSA) is 65.4 Å². The van der Waals surface area contributed by atoms with Crippen LogP contribution in [0.25, 0.3) is 0 Å². The SMILES string of the molecule is CC(C)N(CC(O)COc1ccc(OCC(O)CN(C(C)C)C(C)C)cc1)C(C)C. The van der Waals surface area contributed by atoms with Gasteiger partial charge < -0.3 is 19.7 Å². The van der Waals surface area contributed by atoms with Crippen LogP contribution in [0.3, 0.4) is 0 Å². The van der Waals surface area contributed by atoms with Gasteiger partial charge in [-0.05, 0) is 79.7 Å². The quantitative estimate of drug-likeness (QED) is 0.477. The van der Waals surface area contributed by atoms with Gasteiger partial charge in [-0.3, -0.25) is 9.80 Å². The van der Waals surface area contributed by atoms with E-state index in [1.54, 1.807) is 0 Å². The van der Waals surface area contributed by atoms with Crippen molar-refractivity contribution in [1.82, 2.24) is 9.80 Å². The highest BCUT2D eigenvalue weighted by Gasteiger charge is 2.19. The van der Waals surface area contributed by atoms with Crippen molar-refractivity contribution in [3.05, 3.63) is 24.3 Å². The molecule has 6 heteroatoms. The summed E-state index contributed by atoms with van der Waals surface area (Å²) in [7, 11) is 0. The fraction of sp³-hybridized carbons (Fsp3) is 0.750. The zero-order valence-electron chi connectivity index (χ0n) is 20.2. The molecule has 0 saturated carbocycles. The van der Waals surface area contributed by atoms with Crippen LogP contribution >= 0.6 is 0 Å². The van der Waals surface area contributed by atoms with E-state index >= 15 is 0 Å². The van der Waals surface area contributed by atoms with Crippen LogP contribution in [0.15, 0.2) is 24.3 Å². The average molecular weight is 425 g/mol. The molecular formula is C24H44N2O4. The van der Waals surface area contributed by atoms with Gasteiger partial charge in [-0.2, -0.15) is 0 Å². The first kappa shape index (κ1) is 26.7. The van der Waals surface area contributed by atoms with Gasteiger partial charge in [0.15, 0.2) is 0 Å². The highest BCUT2D eigenvalue weighted by molar-refractivity contribution is 5.31. The standard InChI is InChI=1S/C24H44N2O4/c1-17(2)25(18(3)4)13-21(27)15-29-23-9-11-24(12-10-23)30-16-22(28)14-26(19(5)6)20(7)8/h9-12,17-22,27-28H,13-16H2,1-8H3. The van der Waals surface area contributed by atoms with Gasteiger partial charge in [0.25, 0.3) is 0 Å². The molecule has 1 aromatic rings. The van der Waals surface area contributed by atoms with E-state index in [9.17, 15) is 10.2 Å². The zero-order valence-corrected chi connectivity index (χ0v) is 20.2. The lowest BCUT2D eigenvalue weighted by atomic mass is 10.2. The van der Waals surface area contributed by atoms with Gasteiger partial charge in [-0.15, -0.1) is 0 Å². The number of rotatable bonds is 14. The first-order valence-electron chi connectivity index (χ1n) is 11.2. The Morgan fingerprint density at radius 3 is 1.10 bits per heavy atom. The molecule has 0 amide bonds. The van der Waals surface area contributed by atoms with Crippen LogP contribution in [-0.2, 0) is 0 Å². The molecule has 0 aliphatic carbocycles. The zero-order chi connectivity index (χ0) is 22.8. The smallest absolute Gasteiger partial charge is 0.119 e. The Morgan fingerprint density at radius 1 is 0.600 bits per heavy atom. The summed E-state index contributed by atoms with van der Waals surface area (Å²) in [6.07, 6.45) is -1.10. The molecule has 2 unspecified atom stereocenters. The molecule has 0 saturated heterocycles. The Morgan fingerprint density at radius 2 is 0.867 bits per heavy atom. The van der Waals surface area contributed by atoms with Gasteiger partial charge in [-0.25, -0.2) is 0 Å². The van der Waals surface area contributed by atoms with Crippen LogP contribution in [0.2, 0.25) is 0 Å². The Labute approximate surface area is 183 Å². The predicted octanol–water partition coefficient (Wildman–Crippen LogP) is 3.40. The molecule has 0 aliphatic rings. The minimum atomic E-state index is -0.550. The van der Waals surface area contributed by atoms with Crippen molar-refractivity contribution in [2.75, 3.05) is 26.3 Å². The molecule has 0 heterocycles. The molecule has 2 N–H and O–H groups in total. The van der Waals surface area contributed by atoms with Crippen LogP contribution in [0, 0.1) is 0 Å². The largest absolute Gasteiger partial charge is 0.491 e. The summed E-state index contributed by atoms with van der Waals surface area (Å²) in [6.45, 7) is 18.7. The van der Waals surface area contributed by atoms with E-state index in [0.29, 0.717) is 48.8 Å². The average Bonchev–Trinajstić information content (AvgIpc) is 2.66.